The van der Waals surface area contributed by atoms with Crippen molar-refractivity contribution in [1.82, 2.24) is 14.2 Å². The van der Waals surface area contributed by atoms with Gasteiger partial charge in [0.05, 0.1) is 25.2 Å². The van der Waals surface area contributed by atoms with Gasteiger partial charge in [0.15, 0.2) is 10.8 Å². The van der Waals surface area contributed by atoms with Crippen LogP contribution in [0, 0.1) is 5.41 Å². The van der Waals surface area contributed by atoms with E-state index in [-0.39, 0.29) is 10.8 Å². The molecule has 0 unspecified atom stereocenters. The molecule has 37 heavy (non-hydrogen) atoms. The van der Waals surface area contributed by atoms with Gasteiger partial charge in [0.2, 0.25) is 5.60 Å². The van der Waals surface area contributed by atoms with Crippen molar-refractivity contribution in [3.63, 3.8) is 0 Å². The zero-order valence-electron chi connectivity index (χ0n) is 21.2. The smallest absolute Gasteiger partial charge is 0.365 e. The Hall–Kier alpha value is -3.31. The predicted octanol–water partition coefficient (Wildman–Crippen LogP) is -0.172. The lowest BCUT2D eigenvalue weighted by Crippen LogP contribution is -2.71. The highest BCUT2D eigenvalue weighted by Gasteiger charge is 2.55. The van der Waals surface area contributed by atoms with Gasteiger partial charge in [-0.15, -0.1) is 11.3 Å². The minimum atomic E-state index is -4.64. The first-order valence-electron chi connectivity index (χ1n) is 10.7. The van der Waals surface area contributed by atoms with E-state index in [0.29, 0.717) is 4.31 Å². The van der Waals surface area contributed by atoms with E-state index in [2.05, 4.69) is 14.9 Å². The fraction of sp³-hybridized carbons (Fsp3) is 0.600. The van der Waals surface area contributed by atoms with Crippen molar-refractivity contribution in [2.45, 2.75) is 52.3 Å². The second-order valence-electron chi connectivity index (χ2n) is 9.25. The molecule has 206 valence electrons. The molecule has 0 radical (unpaired) electrons. The summed E-state index contributed by atoms with van der Waals surface area (Å²) < 4.78 is 35.0. The van der Waals surface area contributed by atoms with Crippen LogP contribution in [0.4, 0.5) is 5.13 Å². The number of aliphatic carboxylic acids is 1. The fourth-order valence-electron chi connectivity index (χ4n) is 3.05. The molecule has 1 aromatic rings. The summed E-state index contributed by atoms with van der Waals surface area (Å²) in [6.45, 7) is 5.89. The summed E-state index contributed by atoms with van der Waals surface area (Å²) in [6, 6.07) is -2.30. The molecule has 2 atom stereocenters. The summed E-state index contributed by atoms with van der Waals surface area (Å²) >= 11 is 1.00. The summed E-state index contributed by atoms with van der Waals surface area (Å²) in [5.41, 5.74) is 2.16. The van der Waals surface area contributed by atoms with Crippen molar-refractivity contribution in [2.24, 2.45) is 10.6 Å². The largest absolute Gasteiger partial charge is 0.481 e. The molecule has 3 N–H and O–H groups in total. The van der Waals surface area contributed by atoms with Gasteiger partial charge in [-0.3, -0.25) is 18.6 Å². The van der Waals surface area contributed by atoms with Gasteiger partial charge in [0.1, 0.15) is 11.7 Å². The number of rotatable bonds is 11. The van der Waals surface area contributed by atoms with Crippen LogP contribution >= 0.6 is 11.3 Å². The standard InChI is InChI=1S/C20H29N5O10S2/c1-10-13(15(27)25(10)37(31,32)34-9-19(2,3)16(28)29)24(6)14(26)12(11-8-36-18(21)22-11)23-35-20(4,5)17(30)33-7/h8,10,13H,9H2,1-7H3,(H2,21,22)(H,28,29)/b23-12+/t10-,13-/m0/s1. The number of ether oxygens (including phenoxy) is 1. The molecule has 1 aliphatic rings. The average molecular weight is 564 g/mol. The highest BCUT2D eigenvalue weighted by molar-refractivity contribution is 7.85. The van der Waals surface area contributed by atoms with Gasteiger partial charge in [-0.2, -0.15) is 8.42 Å². The number of likely N-dealkylation sites (N-methyl/N-ethyl adjacent to an activating group) is 1. The maximum Gasteiger partial charge on any atom is 0.365 e. The van der Waals surface area contributed by atoms with Crippen LogP contribution in [-0.4, -0.2) is 95.6 Å². The van der Waals surface area contributed by atoms with Gasteiger partial charge in [-0.25, -0.2) is 14.1 Å². The fourth-order valence-corrected chi connectivity index (χ4v) is 5.01. The number of aromatic nitrogens is 1. The lowest BCUT2D eigenvalue weighted by molar-refractivity contribution is -0.165. The lowest BCUT2D eigenvalue weighted by Gasteiger charge is -2.46. The first kappa shape index (κ1) is 29.9. The maximum atomic E-state index is 13.3. The van der Waals surface area contributed by atoms with Gasteiger partial charge in [-0.1, -0.05) is 5.16 Å². The Kier molecular flexibility index (Phi) is 8.56. The van der Waals surface area contributed by atoms with E-state index >= 15 is 0 Å². The van der Waals surface area contributed by atoms with Gasteiger partial charge < -0.3 is 25.3 Å². The summed E-state index contributed by atoms with van der Waals surface area (Å²) in [5.74, 6) is -3.92. The van der Waals surface area contributed by atoms with Crippen molar-refractivity contribution >= 4 is 56.2 Å². The zero-order valence-corrected chi connectivity index (χ0v) is 22.9. The van der Waals surface area contributed by atoms with Crippen molar-refractivity contribution in [2.75, 3.05) is 26.5 Å². The van der Waals surface area contributed by atoms with Crippen LogP contribution in [0.3, 0.4) is 0 Å². The number of oxime groups is 1. The maximum absolute atomic E-state index is 13.3. The topological polar surface area (TPSA) is 208 Å². The molecule has 0 aliphatic carbocycles. The highest BCUT2D eigenvalue weighted by atomic mass is 32.2. The number of esters is 1. The lowest BCUT2D eigenvalue weighted by atomic mass is 9.96. The van der Waals surface area contributed by atoms with E-state index in [1.807, 2.05) is 0 Å². The monoisotopic (exact) mass is 563 g/mol. The van der Waals surface area contributed by atoms with Gasteiger partial charge in [-0.05, 0) is 34.6 Å². The number of carboxylic acids is 1. The molecule has 1 saturated heterocycles. The number of hydrogen-bond acceptors (Lipinski definition) is 13. The van der Waals surface area contributed by atoms with Crippen molar-refractivity contribution < 1.29 is 46.5 Å². The van der Waals surface area contributed by atoms with E-state index in [1.165, 1.54) is 47.0 Å². The van der Waals surface area contributed by atoms with Gasteiger partial charge >= 0.3 is 22.2 Å². The average Bonchev–Trinajstić information content (AvgIpc) is 3.22. The molecule has 17 heteroatoms. The molecular weight excluding hydrogens is 534 g/mol. The van der Waals surface area contributed by atoms with E-state index in [4.69, 9.17) is 19.9 Å². The Balaban J connectivity index is 2.28. The molecule has 1 aromatic heterocycles. The summed E-state index contributed by atoms with van der Waals surface area (Å²) in [7, 11) is -2.25. The molecular formula is C20H29N5O10S2. The van der Waals surface area contributed by atoms with Crippen LogP contribution in [0.5, 0.6) is 0 Å². The van der Waals surface area contributed by atoms with Crippen LogP contribution < -0.4 is 5.73 Å². The minimum Gasteiger partial charge on any atom is -0.481 e. The number of carbonyl (C=O) groups excluding carboxylic acids is 3. The zero-order chi connectivity index (χ0) is 28.5. The van der Waals surface area contributed by atoms with Crippen LogP contribution in [0.25, 0.3) is 0 Å². The van der Waals surface area contributed by atoms with E-state index in [1.54, 1.807) is 0 Å². The Morgan fingerprint density at radius 3 is 2.35 bits per heavy atom. The molecule has 2 rings (SSSR count). The van der Waals surface area contributed by atoms with Crippen molar-refractivity contribution in [1.29, 1.82) is 0 Å². The van der Waals surface area contributed by atoms with E-state index < -0.39 is 69.5 Å². The molecule has 15 nitrogen and oxygen atoms in total. The Morgan fingerprint density at radius 2 is 1.89 bits per heavy atom. The van der Waals surface area contributed by atoms with E-state index in [0.717, 1.165) is 23.3 Å². The number of amides is 2. The first-order valence-corrected chi connectivity index (χ1v) is 12.9. The number of carbonyl (C=O) groups is 4. The van der Waals surface area contributed by atoms with Crippen LogP contribution in [0.1, 0.15) is 40.3 Å². The Labute approximate surface area is 217 Å². The number of nitrogen functional groups attached to an aromatic ring is 1. The molecule has 0 saturated carbocycles. The number of carboxylic acid groups (broad SMARTS) is 1. The van der Waals surface area contributed by atoms with Crippen LogP contribution in [0.2, 0.25) is 0 Å². The third-order valence-electron chi connectivity index (χ3n) is 5.43. The Bertz CT molecular complexity index is 1220. The second kappa shape index (κ2) is 10.6. The van der Waals surface area contributed by atoms with E-state index in [9.17, 15) is 27.6 Å². The number of anilines is 1. The molecule has 0 aromatic carbocycles. The molecule has 1 fully saturated rings. The summed E-state index contributed by atoms with van der Waals surface area (Å²) in [6.07, 6.45) is 0. The normalized spacial score (nSPS) is 18.7. The minimum absolute atomic E-state index is 0.00292. The quantitative estimate of drug-likeness (QED) is 0.156. The molecule has 2 amide bonds. The SMILES string of the molecule is COC(=O)C(C)(C)O/N=C(/C(=O)N(C)[C@@H]1C(=O)N(S(=O)(=O)OCC(C)(C)C(=O)O)[C@H]1C)c1csc(N)n1. The second-order valence-corrected chi connectivity index (χ2v) is 11.6. The third kappa shape index (κ3) is 6.16. The molecule has 0 spiro atoms. The number of β-lactam (4-membered cyclic amide) rings is 1. The number of hydrogen-bond donors (Lipinski definition) is 2. The van der Waals surface area contributed by atoms with Crippen LogP contribution in [-0.2, 0) is 43.2 Å². The number of nitrogens with two attached hydrogens (primary N) is 1. The summed E-state index contributed by atoms with van der Waals surface area (Å²) in [4.78, 5) is 59.5. The van der Waals surface area contributed by atoms with Crippen molar-refractivity contribution in [3.05, 3.63) is 11.1 Å². The van der Waals surface area contributed by atoms with Crippen LogP contribution in [0.15, 0.2) is 10.5 Å². The van der Waals surface area contributed by atoms with Crippen molar-refractivity contribution in [3.8, 4) is 0 Å². The number of thiazole rings is 1. The number of nitrogens with zero attached hydrogens (tertiary/aromatic N) is 4. The molecule has 1 aliphatic heterocycles. The predicted molar refractivity (Wildman–Crippen MR) is 129 cm³/mol. The first-order chi connectivity index (χ1) is 16.9. The van der Waals surface area contributed by atoms with Gasteiger partial charge in [0, 0.05) is 12.4 Å². The van der Waals surface area contributed by atoms with Gasteiger partial charge in [0.25, 0.3) is 11.8 Å². The third-order valence-corrected chi connectivity index (χ3v) is 7.52. The molecule has 2 heterocycles. The highest BCUT2D eigenvalue weighted by Crippen LogP contribution is 2.30. The molecule has 0 bridgehead atoms. The number of methoxy groups -OCH3 is 1. The Morgan fingerprint density at radius 1 is 1.30 bits per heavy atom. The summed E-state index contributed by atoms with van der Waals surface area (Å²) in [5, 5.41) is 14.5.